The Morgan fingerprint density at radius 3 is 1.98 bits per heavy atom. The van der Waals surface area contributed by atoms with Gasteiger partial charge < -0.3 is 48.7 Å². The summed E-state index contributed by atoms with van der Waals surface area (Å²) < 4.78 is -0.882. The Morgan fingerprint density at radius 2 is 1.45 bits per heavy atom. The molecule has 1 aromatic carbocycles. The molecule has 4 amide bonds. The number of Topliss-reactive ketones (excluding diaryl/α,β-unsaturated/α-hetero) is 1. The fourth-order valence-corrected chi connectivity index (χ4v) is 8.53. The first-order chi connectivity index (χ1) is 25.0. The summed E-state index contributed by atoms with van der Waals surface area (Å²) in [4.78, 5) is 80.7. The zero-order valence-corrected chi connectivity index (χ0v) is 32.9. The Bertz CT molecular complexity index is 1380. The molecule has 0 bridgehead atoms. The molecule has 15 nitrogen and oxygen atoms in total. The van der Waals surface area contributed by atoms with Crippen molar-refractivity contribution >= 4 is 57.0 Å². The minimum atomic E-state index is -1.21. The summed E-state index contributed by atoms with van der Waals surface area (Å²) in [5.74, 6) is -5.03. The van der Waals surface area contributed by atoms with Crippen LogP contribution in [-0.4, -0.2) is 99.4 Å². The fraction of sp³-hybridized carbons (Fsp3) is 0.667. The third-order valence-electron chi connectivity index (χ3n) is 8.97. The predicted octanol–water partition coefficient (Wildman–Crippen LogP) is 1.34. The lowest BCUT2D eigenvalue weighted by molar-refractivity contribution is -0.144. The van der Waals surface area contributed by atoms with Crippen molar-refractivity contribution < 1.29 is 39.0 Å². The van der Waals surface area contributed by atoms with Crippen LogP contribution in [0.2, 0.25) is 0 Å². The number of nitrogens with one attached hydrogen (secondary N) is 4. The van der Waals surface area contributed by atoms with E-state index in [-0.39, 0.29) is 49.5 Å². The van der Waals surface area contributed by atoms with E-state index in [2.05, 4.69) is 21.3 Å². The summed E-state index contributed by atoms with van der Waals surface area (Å²) in [6.45, 7) is 7.99. The van der Waals surface area contributed by atoms with Crippen LogP contribution >= 0.6 is 21.6 Å². The number of carboxylic acid groups (broad SMARTS) is 1. The van der Waals surface area contributed by atoms with Gasteiger partial charge in [-0.1, -0.05) is 47.6 Å². The van der Waals surface area contributed by atoms with Crippen molar-refractivity contribution in [3.63, 3.8) is 0 Å². The van der Waals surface area contributed by atoms with Gasteiger partial charge in [-0.2, -0.15) is 0 Å². The van der Waals surface area contributed by atoms with Gasteiger partial charge in [0.05, 0.1) is 18.0 Å². The summed E-state index contributed by atoms with van der Waals surface area (Å²) >= 11 is 0. The second-order valence-corrected chi connectivity index (χ2v) is 17.5. The van der Waals surface area contributed by atoms with Crippen LogP contribution in [0.3, 0.4) is 0 Å². The number of carboxylic acids is 1. The topological polar surface area (TPSA) is 269 Å². The SMILES string of the molecule is CC(C)C[C@H](CC(=O)[C@H](Cc1ccc(O)cc1)NC(=O)[C@@H]1CSSC(C)(C)[C@H](N)C(=O)N[C@@H](CCCCN)C(=O)N[C@@H](CCCCN)C(=O)N1)C(=O)O. The molecule has 0 saturated carbocycles. The molecule has 298 valence electrons. The second-order valence-electron chi connectivity index (χ2n) is 14.5. The highest BCUT2D eigenvalue weighted by Gasteiger charge is 2.38. The van der Waals surface area contributed by atoms with E-state index in [1.54, 1.807) is 26.0 Å². The predicted molar refractivity (Wildman–Crippen MR) is 208 cm³/mol. The molecule has 1 aliphatic rings. The molecule has 6 atom stereocenters. The molecule has 1 aliphatic heterocycles. The maximum absolute atomic E-state index is 14.1. The number of unbranched alkanes of at least 4 members (excludes halogenated alkanes) is 2. The van der Waals surface area contributed by atoms with E-state index in [9.17, 15) is 39.0 Å². The smallest absolute Gasteiger partial charge is 0.306 e. The van der Waals surface area contributed by atoms with Crippen molar-refractivity contribution in [3.8, 4) is 5.75 Å². The lowest BCUT2D eigenvalue weighted by atomic mass is 9.89. The van der Waals surface area contributed by atoms with Crippen LogP contribution in [0, 0.1) is 11.8 Å². The Kier molecular flexibility index (Phi) is 19.6. The molecule has 12 N–H and O–H groups in total. The van der Waals surface area contributed by atoms with Gasteiger partial charge >= 0.3 is 5.97 Å². The van der Waals surface area contributed by atoms with Crippen molar-refractivity contribution in [2.45, 2.75) is 120 Å². The number of hydrogen-bond acceptors (Lipinski definition) is 12. The lowest BCUT2D eigenvalue weighted by Gasteiger charge is -2.32. The van der Waals surface area contributed by atoms with Crippen LogP contribution in [0.15, 0.2) is 24.3 Å². The summed E-state index contributed by atoms with van der Waals surface area (Å²) in [5.41, 5.74) is 18.4. The summed E-state index contributed by atoms with van der Waals surface area (Å²) in [7, 11) is 2.45. The van der Waals surface area contributed by atoms with Gasteiger partial charge in [-0.05, 0) is 102 Å². The van der Waals surface area contributed by atoms with Gasteiger partial charge in [0.25, 0.3) is 0 Å². The monoisotopic (exact) mass is 781 g/mol. The molecule has 0 aliphatic carbocycles. The van der Waals surface area contributed by atoms with E-state index >= 15 is 0 Å². The molecule has 0 radical (unpaired) electrons. The van der Waals surface area contributed by atoms with Crippen LogP contribution in [0.1, 0.15) is 84.6 Å². The van der Waals surface area contributed by atoms with Crippen LogP contribution in [-0.2, 0) is 35.2 Å². The summed E-state index contributed by atoms with van der Waals surface area (Å²) in [6, 6.07) is 0.596. The molecule has 1 fully saturated rings. The van der Waals surface area contributed by atoms with E-state index in [0.717, 1.165) is 0 Å². The Labute approximate surface area is 320 Å². The largest absolute Gasteiger partial charge is 0.508 e. The summed E-state index contributed by atoms with van der Waals surface area (Å²) in [5, 5.41) is 30.7. The van der Waals surface area contributed by atoms with Crippen LogP contribution in [0.4, 0.5) is 0 Å². The van der Waals surface area contributed by atoms with Crippen molar-refractivity contribution in [1.82, 2.24) is 21.3 Å². The number of phenols is 1. The third-order valence-corrected chi connectivity index (χ3v) is 12.3. The molecule has 1 saturated heterocycles. The third kappa shape index (κ3) is 15.9. The van der Waals surface area contributed by atoms with Crippen molar-refractivity contribution in [2.24, 2.45) is 29.0 Å². The normalized spacial score (nSPS) is 22.5. The lowest BCUT2D eigenvalue weighted by Crippen LogP contribution is -2.60. The van der Waals surface area contributed by atoms with E-state index in [1.165, 1.54) is 33.7 Å². The number of nitrogens with two attached hydrogens (primary N) is 3. The number of aromatic hydroxyl groups is 1. The molecule has 0 aromatic heterocycles. The number of rotatable bonds is 18. The van der Waals surface area contributed by atoms with E-state index in [0.29, 0.717) is 44.3 Å². The Hall–Kier alpha value is -3.38. The standard InChI is InChI=1S/C36H59N7O8S2/c1-21(2)17-23(35(50)51)19-29(45)27(18-22-11-13-24(44)14-12-22)42-33(48)28-20-52-53-36(3,4)30(39)34(49)41-26(10-6-8-16-38)31(46)40-25(32(47)43-28)9-5-7-15-37/h11-14,21,23,25-28,30,44H,5-10,15-20,37-39H2,1-4H3,(H,40,46)(H,41,49)(H,42,48)(H,43,47)(H,50,51)/t23-,25+,26+,27+,28+,30-/m1/s1. The van der Waals surface area contributed by atoms with Gasteiger partial charge in [0.1, 0.15) is 23.9 Å². The molecule has 1 heterocycles. The molecule has 53 heavy (non-hydrogen) atoms. The zero-order valence-electron chi connectivity index (χ0n) is 31.2. The van der Waals surface area contributed by atoms with Crippen molar-refractivity contribution in [2.75, 3.05) is 18.8 Å². The molecular weight excluding hydrogens is 723 g/mol. The van der Waals surface area contributed by atoms with Gasteiger partial charge in [0.2, 0.25) is 23.6 Å². The van der Waals surface area contributed by atoms with Gasteiger partial charge in [0.15, 0.2) is 5.78 Å². The number of ketones is 1. The summed E-state index contributed by atoms with van der Waals surface area (Å²) in [6.07, 6.45) is 2.63. The highest BCUT2D eigenvalue weighted by atomic mass is 33.1. The second kappa shape index (κ2) is 22.7. The first-order valence-corrected chi connectivity index (χ1v) is 20.5. The van der Waals surface area contributed by atoms with Gasteiger partial charge in [-0.15, -0.1) is 0 Å². The Balaban J connectivity index is 2.49. The number of amides is 4. The minimum Gasteiger partial charge on any atom is -0.508 e. The number of benzene rings is 1. The van der Waals surface area contributed by atoms with Crippen molar-refractivity contribution in [1.29, 1.82) is 0 Å². The maximum Gasteiger partial charge on any atom is 0.306 e. The van der Waals surface area contributed by atoms with Gasteiger partial charge in [-0.3, -0.25) is 28.8 Å². The zero-order chi connectivity index (χ0) is 39.7. The first kappa shape index (κ1) is 45.8. The quantitative estimate of drug-likeness (QED) is 0.0753. The average Bonchev–Trinajstić information content (AvgIpc) is 3.09. The van der Waals surface area contributed by atoms with E-state index in [1.807, 2.05) is 13.8 Å². The number of carbonyl (C=O) groups excluding carboxylic acids is 5. The fourth-order valence-electron chi connectivity index (χ4n) is 5.74. The molecule has 0 spiro atoms. The molecular formula is C36H59N7O8S2. The van der Waals surface area contributed by atoms with Crippen LogP contribution in [0.5, 0.6) is 5.75 Å². The average molecular weight is 782 g/mol. The molecule has 0 unspecified atom stereocenters. The van der Waals surface area contributed by atoms with Gasteiger partial charge in [-0.25, -0.2) is 0 Å². The first-order valence-electron chi connectivity index (χ1n) is 18.2. The maximum atomic E-state index is 14.1. The number of carbonyl (C=O) groups is 6. The Morgan fingerprint density at radius 1 is 0.906 bits per heavy atom. The molecule has 1 aromatic rings. The number of hydrogen-bond donors (Lipinski definition) is 9. The van der Waals surface area contributed by atoms with E-state index in [4.69, 9.17) is 17.2 Å². The molecule has 2 rings (SSSR count). The minimum absolute atomic E-state index is 0.00173. The molecule has 17 heteroatoms. The van der Waals surface area contributed by atoms with E-state index < -0.39 is 76.3 Å². The number of phenolic OH excluding ortho intramolecular Hbond substituents is 1. The van der Waals surface area contributed by atoms with Crippen LogP contribution in [0.25, 0.3) is 0 Å². The van der Waals surface area contributed by atoms with Crippen LogP contribution < -0.4 is 38.5 Å². The highest BCUT2D eigenvalue weighted by molar-refractivity contribution is 8.77. The highest BCUT2D eigenvalue weighted by Crippen LogP contribution is 2.38. The number of aliphatic carboxylic acids is 1. The van der Waals surface area contributed by atoms with Crippen molar-refractivity contribution in [3.05, 3.63) is 29.8 Å². The van der Waals surface area contributed by atoms with Gasteiger partial charge in [0, 0.05) is 16.9 Å².